The molecule has 3 rings (SSSR count). The molecule has 1 aliphatic rings. The average molecular weight is 294 g/mol. The molecule has 7 heteroatoms. The third-order valence-corrected chi connectivity index (χ3v) is 3.26. The minimum Gasteiger partial charge on any atom is -0.434 e. The summed E-state index contributed by atoms with van der Waals surface area (Å²) < 4.78 is 30.8. The summed E-state index contributed by atoms with van der Waals surface area (Å²) in [5.41, 5.74) is 1.48. The lowest BCUT2D eigenvalue weighted by molar-refractivity contribution is -0.0505. The first-order valence-electron chi connectivity index (χ1n) is 6.86. The number of ether oxygens (including phenoxy) is 1. The van der Waals surface area contributed by atoms with E-state index in [-0.39, 0.29) is 5.75 Å². The molecule has 0 aliphatic heterocycles. The van der Waals surface area contributed by atoms with Crippen molar-refractivity contribution in [1.29, 1.82) is 0 Å². The number of para-hydroxylation sites is 1. The van der Waals surface area contributed by atoms with Gasteiger partial charge in [-0.05, 0) is 18.9 Å². The van der Waals surface area contributed by atoms with Crippen molar-refractivity contribution in [3.63, 3.8) is 0 Å². The van der Waals surface area contributed by atoms with Crippen molar-refractivity contribution < 1.29 is 13.5 Å². The molecule has 1 aliphatic carbocycles. The third kappa shape index (κ3) is 3.98. The number of nitrogens with one attached hydrogen (secondary N) is 1. The number of hydrogen-bond acceptors (Lipinski definition) is 4. The fourth-order valence-corrected chi connectivity index (χ4v) is 2.05. The van der Waals surface area contributed by atoms with Crippen molar-refractivity contribution in [2.24, 2.45) is 0 Å². The highest BCUT2D eigenvalue weighted by atomic mass is 19.3. The number of alkyl halides is 2. The van der Waals surface area contributed by atoms with E-state index in [9.17, 15) is 8.78 Å². The molecule has 0 spiro atoms. The van der Waals surface area contributed by atoms with Gasteiger partial charge in [-0.2, -0.15) is 8.78 Å². The van der Waals surface area contributed by atoms with Crippen LogP contribution in [0.5, 0.6) is 5.75 Å². The average Bonchev–Trinajstić information content (AvgIpc) is 3.18. The molecule has 0 saturated heterocycles. The van der Waals surface area contributed by atoms with Gasteiger partial charge < -0.3 is 10.1 Å². The van der Waals surface area contributed by atoms with E-state index < -0.39 is 6.61 Å². The van der Waals surface area contributed by atoms with Gasteiger partial charge in [-0.15, -0.1) is 5.10 Å². The first-order valence-corrected chi connectivity index (χ1v) is 6.86. The topological polar surface area (TPSA) is 52.0 Å². The molecular weight excluding hydrogens is 278 g/mol. The van der Waals surface area contributed by atoms with Crippen LogP contribution in [0.3, 0.4) is 0 Å². The van der Waals surface area contributed by atoms with Crippen LogP contribution in [-0.4, -0.2) is 27.6 Å². The molecule has 21 heavy (non-hydrogen) atoms. The molecule has 5 nitrogen and oxygen atoms in total. The van der Waals surface area contributed by atoms with Gasteiger partial charge in [0.25, 0.3) is 0 Å². The summed E-state index contributed by atoms with van der Waals surface area (Å²) in [7, 11) is 0. The van der Waals surface area contributed by atoms with Crippen molar-refractivity contribution >= 4 is 0 Å². The zero-order valence-corrected chi connectivity index (χ0v) is 11.4. The molecule has 1 aromatic heterocycles. The molecule has 1 saturated carbocycles. The number of aromatic nitrogens is 3. The predicted molar refractivity (Wildman–Crippen MR) is 72.1 cm³/mol. The van der Waals surface area contributed by atoms with E-state index in [2.05, 4.69) is 20.4 Å². The molecule has 1 aromatic carbocycles. The zero-order valence-electron chi connectivity index (χ0n) is 11.4. The summed E-state index contributed by atoms with van der Waals surface area (Å²) in [4.78, 5) is 0. The van der Waals surface area contributed by atoms with Crippen molar-refractivity contribution in [2.45, 2.75) is 38.6 Å². The van der Waals surface area contributed by atoms with Crippen LogP contribution in [0.2, 0.25) is 0 Å². The van der Waals surface area contributed by atoms with Gasteiger partial charge in [-0.25, -0.2) is 4.68 Å². The van der Waals surface area contributed by atoms with Gasteiger partial charge in [0.1, 0.15) is 5.75 Å². The summed E-state index contributed by atoms with van der Waals surface area (Å²) in [5, 5.41) is 11.4. The van der Waals surface area contributed by atoms with Gasteiger partial charge >= 0.3 is 6.61 Å². The standard InChI is InChI=1S/C14H16F2N4O/c15-14(16)21-13-4-2-1-3-10(13)8-20-9-12(18-19-20)7-17-11-5-6-11/h1-4,9,11,14,17H,5-8H2. The third-order valence-electron chi connectivity index (χ3n) is 3.26. The predicted octanol–water partition coefficient (Wildman–Crippen LogP) is 2.18. The maximum absolute atomic E-state index is 12.4. The van der Waals surface area contributed by atoms with E-state index in [1.165, 1.54) is 18.9 Å². The maximum Gasteiger partial charge on any atom is 0.387 e. The van der Waals surface area contributed by atoms with Gasteiger partial charge in [0, 0.05) is 18.2 Å². The van der Waals surface area contributed by atoms with Crippen LogP contribution in [0, 0.1) is 0 Å². The maximum atomic E-state index is 12.4. The van der Waals surface area contributed by atoms with Crippen LogP contribution >= 0.6 is 0 Å². The molecule has 112 valence electrons. The van der Waals surface area contributed by atoms with Gasteiger partial charge in [0.2, 0.25) is 0 Å². The van der Waals surface area contributed by atoms with Crippen LogP contribution in [-0.2, 0) is 13.1 Å². The molecule has 0 amide bonds. The molecule has 0 unspecified atom stereocenters. The number of hydrogen-bond donors (Lipinski definition) is 1. The Labute approximate surface area is 120 Å². The van der Waals surface area contributed by atoms with Crippen LogP contribution < -0.4 is 10.1 Å². The van der Waals surface area contributed by atoms with Gasteiger partial charge in [0.15, 0.2) is 0 Å². The number of halogens is 2. The lowest BCUT2D eigenvalue weighted by atomic mass is 10.2. The lowest BCUT2D eigenvalue weighted by Crippen LogP contribution is -2.15. The highest BCUT2D eigenvalue weighted by molar-refractivity contribution is 5.33. The van der Waals surface area contributed by atoms with Gasteiger partial charge in [0.05, 0.1) is 18.4 Å². The number of nitrogens with zero attached hydrogens (tertiary/aromatic N) is 3. The Bertz CT molecular complexity index is 598. The Hall–Kier alpha value is -2.02. The van der Waals surface area contributed by atoms with E-state index in [0.29, 0.717) is 24.7 Å². The molecule has 0 atom stereocenters. The fraction of sp³-hybridized carbons (Fsp3) is 0.429. The number of benzene rings is 1. The van der Waals surface area contributed by atoms with Crippen LogP contribution in [0.25, 0.3) is 0 Å². The minimum atomic E-state index is -2.83. The Balaban J connectivity index is 1.65. The highest BCUT2D eigenvalue weighted by Crippen LogP contribution is 2.21. The highest BCUT2D eigenvalue weighted by Gasteiger charge is 2.20. The quantitative estimate of drug-likeness (QED) is 0.850. The van der Waals surface area contributed by atoms with Gasteiger partial charge in [-0.3, -0.25) is 0 Å². The second kappa shape index (κ2) is 6.17. The van der Waals surface area contributed by atoms with Crippen molar-refractivity contribution in [3.8, 4) is 5.75 Å². The Morgan fingerprint density at radius 2 is 2.14 bits per heavy atom. The van der Waals surface area contributed by atoms with Crippen LogP contribution in [0.1, 0.15) is 24.1 Å². The van der Waals surface area contributed by atoms with E-state index in [0.717, 1.165) is 5.69 Å². The second-order valence-corrected chi connectivity index (χ2v) is 5.05. The lowest BCUT2D eigenvalue weighted by Gasteiger charge is -2.09. The molecule has 0 radical (unpaired) electrons. The molecule has 1 N–H and O–H groups in total. The first kappa shape index (κ1) is 13.9. The summed E-state index contributed by atoms with van der Waals surface area (Å²) in [5.74, 6) is 0.167. The first-order chi connectivity index (χ1) is 10.2. The molecular formula is C14H16F2N4O. The summed E-state index contributed by atoms with van der Waals surface area (Å²) in [6.45, 7) is -1.81. The summed E-state index contributed by atoms with van der Waals surface area (Å²) in [6.07, 6.45) is 4.24. The fourth-order valence-electron chi connectivity index (χ4n) is 2.05. The SMILES string of the molecule is FC(F)Oc1ccccc1Cn1cc(CNC2CC2)nn1. The molecule has 1 fully saturated rings. The minimum absolute atomic E-state index is 0.167. The normalized spacial score (nSPS) is 14.6. The van der Waals surface area contributed by atoms with E-state index >= 15 is 0 Å². The second-order valence-electron chi connectivity index (χ2n) is 5.05. The summed E-state index contributed by atoms with van der Waals surface area (Å²) in [6, 6.07) is 7.30. The molecule has 1 heterocycles. The molecule has 0 bridgehead atoms. The monoisotopic (exact) mass is 294 g/mol. The van der Waals surface area contributed by atoms with E-state index in [4.69, 9.17) is 0 Å². The van der Waals surface area contributed by atoms with Crippen molar-refractivity contribution in [3.05, 3.63) is 41.7 Å². The largest absolute Gasteiger partial charge is 0.434 e. The summed E-state index contributed by atoms with van der Waals surface area (Å²) >= 11 is 0. The Morgan fingerprint density at radius 1 is 1.33 bits per heavy atom. The van der Waals surface area contributed by atoms with Gasteiger partial charge in [-0.1, -0.05) is 23.4 Å². The van der Waals surface area contributed by atoms with Crippen molar-refractivity contribution in [2.75, 3.05) is 0 Å². The zero-order chi connectivity index (χ0) is 14.7. The molecule has 2 aromatic rings. The van der Waals surface area contributed by atoms with Crippen LogP contribution in [0.15, 0.2) is 30.5 Å². The number of rotatable bonds is 7. The van der Waals surface area contributed by atoms with Crippen molar-refractivity contribution in [1.82, 2.24) is 20.3 Å². The van der Waals surface area contributed by atoms with Crippen LogP contribution in [0.4, 0.5) is 8.78 Å². The Morgan fingerprint density at radius 3 is 2.90 bits per heavy atom. The smallest absolute Gasteiger partial charge is 0.387 e. The van der Waals surface area contributed by atoms with E-state index in [1.54, 1.807) is 22.9 Å². The van der Waals surface area contributed by atoms with E-state index in [1.807, 2.05) is 6.20 Å². The Kier molecular flexibility index (Phi) is 4.10.